The lowest BCUT2D eigenvalue weighted by atomic mass is 9.96. The molecule has 0 aromatic heterocycles. The number of carbonyl (C=O) groups excluding carboxylic acids is 3. The van der Waals surface area contributed by atoms with Gasteiger partial charge in [0.15, 0.2) is 0 Å². The molecule has 2 amide bonds. The van der Waals surface area contributed by atoms with Gasteiger partial charge >= 0.3 is 5.97 Å². The van der Waals surface area contributed by atoms with E-state index in [4.69, 9.17) is 4.74 Å². The van der Waals surface area contributed by atoms with E-state index in [9.17, 15) is 14.4 Å². The first-order valence-electron chi connectivity index (χ1n) is 11.0. The predicted octanol–water partition coefficient (Wildman–Crippen LogP) is 3.72. The third-order valence-electron chi connectivity index (χ3n) is 6.17. The fraction of sp³-hybridized carbons (Fsp3) is 0.542. The number of carbonyl (C=O) groups is 3. The number of nitrogens with one attached hydrogen (secondary N) is 1. The summed E-state index contributed by atoms with van der Waals surface area (Å²) in [4.78, 5) is 37.9. The van der Waals surface area contributed by atoms with Crippen molar-refractivity contribution < 1.29 is 19.1 Å². The SMILES string of the molecule is CC(=O)Oc1cccc(C(=O)N2CCC(CNC(=O)/C=C(\C)C3CCCC3)CC2)c1. The van der Waals surface area contributed by atoms with Crippen LogP contribution in [0.5, 0.6) is 5.75 Å². The maximum atomic E-state index is 12.8. The largest absolute Gasteiger partial charge is 0.427 e. The molecule has 1 saturated carbocycles. The van der Waals surface area contributed by atoms with Gasteiger partial charge in [-0.2, -0.15) is 0 Å². The summed E-state index contributed by atoms with van der Waals surface area (Å²) >= 11 is 0. The second-order valence-electron chi connectivity index (χ2n) is 8.47. The Balaban J connectivity index is 1.44. The van der Waals surface area contributed by atoms with E-state index < -0.39 is 5.97 Å². The van der Waals surface area contributed by atoms with Gasteiger partial charge in [0, 0.05) is 38.2 Å². The number of allylic oxidation sites excluding steroid dienone is 1. The molecule has 2 aliphatic rings. The molecule has 1 heterocycles. The lowest BCUT2D eigenvalue weighted by molar-refractivity contribution is -0.131. The summed E-state index contributed by atoms with van der Waals surface area (Å²) < 4.78 is 5.07. The molecule has 30 heavy (non-hydrogen) atoms. The Morgan fingerprint density at radius 3 is 2.47 bits per heavy atom. The number of hydrogen-bond donors (Lipinski definition) is 1. The molecular formula is C24H32N2O4. The van der Waals surface area contributed by atoms with Crippen LogP contribution in [0.1, 0.15) is 62.7 Å². The van der Waals surface area contributed by atoms with Gasteiger partial charge < -0.3 is 15.0 Å². The zero-order chi connectivity index (χ0) is 21.5. The first-order valence-corrected chi connectivity index (χ1v) is 11.0. The highest BCUT2D eigenvalue weighted by molar-refractivity contribution is 5.94. The maximum Gasteiger partial charge on any atom is 0.308 e. The van der Waals surface area contributed by atoms with Crippen molar-refractivity contribution in [2.45, 2.75) is 52.4 Å². The number of likely N-dealkylation sites (tertiary alicyclic amines) is 1. The van der Waals surface area contributed by atoms with Crippen LogP contribution in [0.4, 0.5) is 0 Å². The van der Waals surface area contributed by atoms with E-state index in [1.165, 1.54) is 38.2 Å². The van der Waals surface area contributed by atoms with E-state index >= 15 is 0 Å². The minimum atomic E-state index is -0.407. The van der Waals surface area contributed by atoms with Crippen LogP contribution in [0, 0.1) is 11.8 Å². The summed E-state index contributed by atoms with van der Waals surface area (Å²) in [5.74, 6) is 0.874. The fourth-order valence-corrected chi connectivity index (χ4v) is 4.38. The molecule has 3 rings (SSSR count). The number of piperidine rings is 1. The van der Waals surface area contributed by atoms with E-state index in [2.05, 4.69) is 12.2 Å². The van der Waals surface area contributed by atoms with E-state index in [1.54, 1.807) is 30.3 Å². The first-order chi connectivity index (χ1) is 14.4. The van der Waals surface area contributed by atoms with E-state index in [-0.39, 0.29) is 11.8 Å². The molecule has 0 radical (unpaired) electrons. The number of esters is 1. The van der Waals surface area contributed by atoms with E-state index in [1.807, 2.05) is 4.90 Å². The molecule has 0 bridgehead atoms. The molecule has 6 nitrogen and oxygen atoms in total. The van der Waals surface area contributed by atoms with Crippen molar-refractivity contribution in [2.75, 3.05) is 19.6 Å². The molecule has 0 unspecified atom stereocenters. The molecule has 1 aliphatic carbocycles. The van der Waals surface area contributed by atoms with Crippen molar-refractivity contribution >= 4 is 17.8 Å². The van der Waals surface area contributed by atoms with Crippen molar-refractivity contribution in [3.8, 4) is 5.75 Å². The predicted molar refractivity (Wildman–Crippen MR) is 115 cm³/mol. The summed E-state index contributed by atoms with van der Waals surface area (Å²) in [6.07, 6.45) is 8.43. The topological polar surface area (TPSA) is 75.7 Å². The van der Waals surface area contributed by atoms with Crippen molar-refractivity contribution in [3.05, 3.63) is 41.5 Å². The Morgan fingerprint density at radius 1 is 1.10 bits per heavy atom. The fourth-order valence-electron chi connectivity index (χ4n) is 4.38. The number of amides is 2. The molecular weight excluding hydrogens is 380 g/mol. The minimum absolute atomic E-state index is 0.000178. The average Bonchev–Trinajstić information content (AvgIpc) is 3.27. The molecule has 0 spiro atoms. The number of benzene rings is 1. The van der Waals surface area contributed by atoms with Crippen LogP contribution in [0.15, 0.2) is 35.9 Å². The summed E-state index contributed by atoms with van der Waals surface area (Å²) in [6.45, 7) is 5.37. The van der Waals surface area contributed by atoms with Gasteiger partial charge in [-0.15, -0.1) is 0 Å². The van der Waals surface area contributed by atoms with Crippen LogP contribution in [-0.4, -0.2) is 42.3 Å². The standard InChI is InChI=1S/C24H32N2O4/c1-17(20-6-3-4-7-20)14-23(28)25-16-19-10-12-26(13-11-19)24(29)21-8-5-9-22(15-21)30-18(2)27/h5,8-9,14-15,19-20H,3-4,6-7,10-13,16H2,1-2H3,(H,25,28)/b17-14+. The van der Waals surface area contributed by atoms with Crippen LogP contribution >= 0.6 is 0 Å². The minimum Gasteiger partial charge on any atom is -0.427 e. The number of ether oxygens (including phenoxy) is 1. The van der Waals surface area contributed by atoms with E-state index in [0.29, 0.717) is 42.8 Å². The summed E-state index contributed by atoms with van der Waals surface area (Å²) in [5, 5.41) is 3.04. The zero-order valence-electron chi connectivity index (χ0n) is 18.0. The lowest BCUT2D eigenvalue weighted by Gasteiger charge is -2.32. The summed E-state index contributed by atoms with van der Waals surface area (Å²) in [7, 11) is 0. The van der Waals surface area contributed by atoms with Crippen LogP contribution in [0.2, 0.25) is 0 Å². The quantitative estimate of drug-likeness (QED) is 0.439. The Bertz CT molecular complexity index is 803. The summed E-state index contributed by atoms with van der Waals surface area (Å²) in [6, 6.07) is 6.72. The summed E-state index contributed by atoms with van der Waals surface area (Å²) in [5.41, 5.74) is 1.72. The lowest BCUT2D eigenvalue weighted by Crippen LogP contribution is -2.41. The van der Waals surface area contributed by atoms with E-state index in [0.717, 1.165) is 12.8 Å². The third kappa shape index (κ3) is 6.18. The van der Waals surface area contributed by atoms with Crippen LogP contribution < -0.4 is 10.1 Å². The molecule has 1 saturated heterocycles. The van der Waals surface area contributed by atoms with Crippen LogP contribution in [0.25, 0.3) is 0 Å². The van der Waals surface area contributed by atoms with Crippen molar-refractivity contribution in [1.29, 1.82) is 0 Å². The van der Waals surface area contributed by atoms with Gasteiger partial charge in [-0.05, 0) is 62.6 Å². The van der Waals surface area contributed by atoms with Crippen LogP contribution in [-0.2, 0) is 9.59 Å². The average molecular weight is 413 g/mol. The molecule has 1 N–H and O–H groups in total. The smallest absolute Gasteiger partial charge is 0.308 e. The normalized spacial score (nSPS) is 18.3. The van der Waals surface area contributed by atoms with Gasteiger partial charge in [0.25, 0.3) is 5.91 Å². The number of hydrogen-bond acceptors (Lipinski definition) is 4. The van der Waals surface area contributed by atoms with Gasteiger partial charge in [0.2, 0.25) is 5.91 Å². The molecule has 1 aliphatic heterocycles. The highest BCUT2D eigenvalue weighted by Gasteiger charge is 2.24. The Hall–Kier alpha value is -2.63. The second kappa shape index (κ2) is 10.4. The van der Waals surface area contributed by atoms with Crippen LogP contribution in [0.3, 0.4) is 0 Å². The molecule has 0 atom stereocenters. The van der Waals surface area contributed by atoms with Gasteiger partial charge in [0.05, 0.1) is 0 Å². The molecule has 6 heteroatoms. The number of rotatable bonds is 6. The molecule has 1 aromatic rings. The molecule has 1 aromatic carbocycles. The van der Waals surface area contributed by atoms with Crippen molar-refractivity contribution in [2.24, 2.45) is 11.8 Å². The van der Waals surface area contributed by atoms with Crippen molar-refractivity contribution in [3.63, 3.8) is 0 Å². The van der Waals surface area contributed by atoms with Crippen molar-refractivity contribution in [1.82, 2.24) is 10.2 Å². The highest BCUT2D eigenvalue weighted by atomic mass is 16.5. The van der Waals surface area contributed by atoms with Gasteiger partial charge in [-0.3, -0.25) is 14.4 Å². The third-order valence-corrected chi connectivity index (χ3v) is 6.17. The van der Waals surface area contributed by atoms with Gasteiger partial charge in [-0.25, -0.2) is 0 Å². The zero-order valence-corrected chi connectivity index (χ0v) is 18.0. The Kier molecular flexibility index (Phi) is 7.66. The Morgan fingerprint density at radius 2 is 1.80 bits per heavy atom. The van der Waals surface area contributed by atoms with Gasteiger partial charge in [-0.1, -0.05) is 24.5 Å². The highest BCUT2D eigenvalue weighted by Crippen LogP contribution is 2.30. The maximum absolute atomic E-state index is 12.8. The Labute approximate surface area is 178 Å². The first kappa shape index (κ1) is 22.1. The second-order valence-corrected chi connectivity index (χ2v) is 8.47. The molecule has 162 valence electrons. The monoisotopic (exact) mass is 412 g/mol. The van der Waals surface area contributed by atoms with Gasteiger partial charge in [0.1, 0.15) is 5.75 Å². The number of nitrogens with zero attached hydrogens (tertiary/aromatic N) is 1. The molecule has 2 fully saturated rings.